The third-order valence-corrected chi connectivity index (χ3v) is 8.02. The molecule has 4 aromatic rings. The van der Waals surface area contributed by atoms with E-state index < -0.39 is 34.8 Å². The molecule has 3 aromatic carbocycles. The van der Waals surface area contributed by atoms with Crippen LogP contribution in [0.15, 0.2) is 71.1 Å². The molecular formula is C35H40N3O8S-. The van der Waals surface area contributed by atoms with Gasteiger partial charge in [0.2, 0.25) is 0 Å². The maximum atomic E-state index is 13.2. The molecule has 0 saturated heterocycles. The Bertz CT molecular complexity index is 1770. The van der Waals surface area contributed by atoms with Gasteiger partial charge >= 0.3 is 5.97 Å². The Morgan fingerprint density at radius 2 is 1.55 bits per heavy atom. The van der Waals surface area contributed by atoms with Crippen LogP contribution >= 0.6 is 0 Å². The average molecular weight is 663 g/mol. The summed E-state index contributed by atoms with van der Waals surface area (Å²) >= 11 is -2.73. The monoisotopic (exact) mass is 662 g/mol. The molecule has 2 atom stereocenters. The van der Waals surface area contributed by atoms with E-state index in [4.69, 9.17) is 13.9 Å². The van der Waals surface area contributed by atoms with Crippen molar-refractivity contribution in [2.45, 2.75) is 53.2 Å². The number of nitrogens with zero attached hydrogens (tertiary/aromatic N) is 2. The van der Waals surface area contributed by atoms with Crippen molar-refractivity contribution in [2.75, 3.05) is 30.3 Å². The minimum absolute atomic E-state index is 0.126. The second kappa shape index (κ2) is 14.4. The van der Waals surface area contributed by atoms with Crippen LogP contribution in [0.2, 0.25) is 0 Å². The lowest BCUT2D eigenvalue weighted by Crippen LogP contribution is -2.48. The Balaban J connectivity index is 1.50. The molecule has 0 aliphatic heterocycles. The second-order valence-corrected chi connectivity index (χ2v) is 13.4. The fourth-order valence-electron chi connectivity index (χ4n) is 4.95. The molecule has 0 fully saturated rings. The number of rotatable bonds is 11. The Morgan fingerprint density at radius 3 is 2.09 bits per heavy atom. The molecule has 0 aliphatic rings. The molecule has 0 spiro atoms. The van der Waals surface area contributed by atoms with Gasteiger partial charge in [0.1, 0.15) is 23.0 Å². The van der Waals surface area contributed by atoms with Crippen LogP contribution < -0.4 is 14.4 Å². The number of amides is 2. The van der Waals surface area contributed by atoms with Gasteiger partial charge in [-0.3, -0.25) is 18.1 Å². The summed E-state index contributed by atoms with van der Waals surface area (Å²) in [4.78, 5) is 39.6. The van der Waals surface area contributed by atoms with Gasteiger partial charge in [-0.25, -0.2) is 4.79 Å². The topological polar surface area (TPSA) is 141 Å². The molecule has 12 heteroatoms. The molecule has 2 unspecified atom stereocenters. The Hall–Kier alpha value is -4.68. The largest absolute Gasteiger partial charge is 0.755 e. The highest BCUT2D eigenvalue weighted by Crippen LogP contribution is 2.34. The zero-order chi connectivity index (χ0) is 34.6. The van der Waals surface area contributed by atoms with Gasteiger partial charge in [0.15, 0.2) is 12.4 Å². The zero-order valence-corrected chi connectivity index (χ0v) is 28.6. The number of hydrogen-bond donors (Lipinski definition) is 1. The van der Waals surface area contributed by atoms with Gasteiger partial charge in [0.05, 0.1) is 5.39 Å². The normalized spacial score (nSPS) is 12.8. The predicted molar refractivity (Wildman–Crippen MR) is 181 cm³/mol. The first kappa shape index (κ1) is 35.2. The maximum Gasteiger partial charge on any atom is 0.330 e. The lowest BCUT2D eigenvalue weighted by atomic mass is 10.0. The number of hydrogen-bond acceptors (Lipinski definition) is 8. The molecule has 11 nitrogen and oxygen atoms in total. The van der Waals surface area contributed by atoms with Crippen molar-refractivity contribution in [3.05, 3.63) is 78.1 Å². The Kier molecular flexibility index (Phi) is 10.8. The summed E-state index contributed by atoms with van der Waals surface area (Å²) in [5, 5.41) is 3.47. The van der Waals surface area contributed by atoms with Gasteiger partial charge in [-0.2, -0.15) is 0 Å². The molecular weight excluding hydrogens is 622 g/mol. The highest BCUT2D eigenvalue weighted by atomic mass is 32.2. The van der Waals surface area contributed by atoms with Gasteiger partial charge in [-0.1, -0.05) is 44.2 Å². The standard InChI is InChI=1S/C35H41N3O8S/c1-21(2)31(34(41)46-35(4,5)6)38(47(42)43)26-18-14-24(15-19-26)23-12-16-25(17-13-23)36-33(40)32-22(3)30-27(10-9-11-28(30)45-32)44-20-29(39)37(7)8/h9-19,21,31H,20H2,1-8H3,(H,36,40)(H,42,43)/p-1. The van der Waals surface area contributed by atoms with Crippen molar-refractivity contribution in [3.8, 4) is 16.9 Å². The Morgan fingerprint density at radius 1 is 0.957 bits per heavy atom. The highest BCUT2D eigenvalue weighted by Gasteiger charge is 2.34. The van der Waals surface area contributed by atoms with Crippen LogP contribution in [0.4, 0.5) is 11.4 Å². The number of anilines is 2. The molecule has 1 heterocycles. The summed E-state index contributed by atoms with van der Waals surface area (Å²) in [6.07, 6.45) is 0. The van der Waals surface area contributed by atoms with Crippen molar-refractivity contribution in [3.63, 3.8) is 0 Å². The number of esters is 1. The third-order valence-electron chi connectivity index (χ3n) is 7.26. The third kappa shape index (κ3) is 8.38. The summed E-state index contributed by atoms with van der Waals surface area (Å²) in [6.45, 7) is 10.3. The van der Waals surface area contributed by atoms with Crippen molar-refractivity contribution in [1.82, 2.24) is 4.90 Å². The molecule has 1 N–H and O–H groups in total. The zero-order valence-electron chi connectivity index (χ0n) is 27.8. The number of benzene rings is 3. The first-order valence-electron chi connectivity index (χ1n) is 15.1. The van der Waals surface area contributed by atoms with Gasteiger partial charge in [-0.15, -0.1) is 0 Å². The molecule has 1 aromatic heterocycles. The second-order valence-electron chi connectivity index (χ2n) is 12.6. The fraction of sp³-hybridized carbons (Fsp3) is 0.343. The molecule has 2 amide bonds. The molecule has 47 heavy (non-hydrogen) atoms. The first-order chi connectivity index (χ1) is 22.1. The van der Waals surface area contributed by atoms with Gasteiger partial charge < -0.3 is 28.7 Å². The van der Waals surface area contributed by atoms with Gasteiger partial charge in [0.25, 0.3) is 11.8 Å². The smallest absolute Gasteiger partial charge is 0.330 e. The number of fused-ring (bicyclic) bond motifs is 1. The minimum Gasteiger partial charge on any atom is -0.755 e. The van der Waals surface area contributed by atoms with E-state index in [1.807, 2.05) is 12.1 Å². The van der Waals surface area contributed by atoms with E-state index in [0.29, 0.717) is 33.7 Å². The van der Waals surface area contributed by atoms with Crippen molar-refractivity contribution in [1.29, 1.82) is 0 Å². The van der Waals surface area contributed by atoms with Crippen LogP contribution in [0.25, 0.3) is 22.1 Å². The Labute approximate surface area is 277 Å². The fourth-order valence-corrected chi connectivity index (χ4v) is 5.75. The average Bonchev–Trinajstić information content (AvgIpc) is 3.34. The van der Waals surface area contributed by atoms with E-state index in [1.165, 1.54) is 4.90 Å². The number of carbonyl (C=O) groups excluding carboxylic acids is 3. The van der Waals surface area contributed by atoms with Crippen molar-refractivity contribution < 1.29 is 37.0 Å². The summed E-state index contributed by atoms with van der Waals surface area (Å²) in [7, 11) is 3.29. The lowest BCUT2D eigenvalue weighted by Gasteiger charge is -2.36. The number of aryl methyl sites for hydroxylation is 1. The molecule has 0 saturated carbocycles. The number of furan rings is 1. The summed E-state index contributed by atoms with van der Waals surface area (Å²) in [5.74, 6) is -1.03. The van der Waals surface area contributed by atoms with E-state index in [-0.39, 0.29) is 24.2 Å². The SMILES string of the molecule is Cc1c(C(=O)Nc2ccc(-c3ccc(N(C(C(=O)OC(C)(C)C)C(C)C)S(=O)[O-])cc3)cc2)oc2cccc(OCC(=O)N(C)C)c12. The van der Waals surface area contributed by atoms with Crippen molar-refractivity contribution in [2.24, 2.45) is 5.92 Å². The number of likely N-dealkylation sites (N-methyl/N-ethyl adjacent to an activating group) is 1. The maximum absolute atomic E-state index is 13.2. The van der Waals surface area contributed by atoms with Crippen LogP contribution in [0.3, 0.4) is 0 Å². The molecule has 0 bridgehead atoms. The van der Waals surface area contributed by atoms with Crippen LogP contribution in [-0.4, -0.2) is 63.8 Å². The lowest BCUT2D eigenvalue weighted by molar-refractivity contribution is -0.157. The molecule has 250 valence electrons. The molecule has 0 radical (unpaired) electrons. The number of nitrogens with one attached hydrogen (secondary N) is 1. The predicted octanol–water partition coefficient (Wildman–Crippen LogP) is 6.09. The van der Waals surface area contributed by atoms with Crippen LogP contribution in [0.1, 0.15) is 50.7 Å². The van der Waals surface area contributed by atoms with Crippen molar-refractivity contribution >= 4 is 51.4 Å². The van der Waals surface area contributed by atoms with E-state index in [0.717, 1.165) is 15.4 Å². The van der Waals surface area contributed by atoms with Crippen LogP contribution in [-0.2, 0) is 25.6 Å². The van der Waals surface area contributed by atoms with Crippen LogP contribution in [0.5, 0.6) is 5.75 Å². The molecule has 0 aliphatic carbocycles. The number of carbonyl (C=O) groups is 3. The van der Waals surface area contributed by atoms with Gasteiger partial charge in [-0.05, 0) is 81.1 Å². The van der Waals surface area contributed by atoms with E-state index in [2.05, 4.69) is 5.32 Å². The summed E-state index contributed by atoms with van der Waals surface area (Å²) in [6, 6.07) is 18.1. The summed E-state index contributed by atoms with van der Waals surface area (Å²) < 4.78 is 42.8. The van der Waals surface area contributed by atoms with Crippen LogP contribution in [0, 0.1) is 12.8 Å². The first-order valence-corrected chi connectivity index (χ1v) is 16.1. The minimum atomic E-state index is -2.73. The van der Waals surface area contributed by atoms with E-state index in [1.54, 1.807) is 110 Å². The highest BCUT2D eigenvalue weighted by molar-refractivity contribution is 7.80. The van der Waals surface area contributed by atoms with Gasteiger partial charge in [0, 0.05) is 42.3 Å². The van der Waals surface area contributed by atoms with E-state index >= 15 is 0 Å². The summed E-state index contributed by atoms with van der Waals surface area (Å²) in [5.41, 5.74) is 2.77. The van der Waals surface area contributed by atoms with E-state index in [9.17, 15) is 23.1 Å². The number of ether oxygens (including phenoxy) is 2. The molecule has 4 rings (SSSR count). The quantitative estimate of drug-likeness (QED) is 0.150.